The number of nitrogens with one attached hydrogen (secondary N) is 1. The molecule has 1 amide bonds. The standard InChI is InChI=1S/C20H23F3N2O2/c1-2-3-6-13-27-16-10-9-14-7-4-5-8-15(14)18(16)19(20(21,22)23)25-12-11-17(26)24-25/h4-5,7-10,19H,2-3,6,11-13H2,1H3,(H,24,26). The molecule has 7 heteroatoms. The predicted octanol–water partition coefficient (Wildman–Crippen LogP) is 4.75. The number of carbonyl (C=O) groups is 1. The second-order valence-electron chi connectivity index (χ2n) is 6.68. The molecule has 4 nitrogen and oxygen atoms in total. The van der Waals surface area contributed by atoms with Crippen LogP contribution in [0.1, 0.15) is 44.2 Å². The zero-order chi connectivity index (χ0) is 19.4. The van der Waals surface area contributed by atoms with E-state index in [0.717, 1.165) is 24.3 Å². The summed E-state index contributed by atoms with van der Waals surface area (Å²) < 4.78 is 48.0. The number of unbranched alkanes of at least 4 members (excludes halogenated alkanes) is 2. The first-order valence-corrected chi connectivity index (χ1v) is 9.19. The summed E-state index contributed by atoms with van der Waals surface area (Å²) in [5, 5.41) is 2.16. The summed E-state index contributed by atoms with van der Waals surface area (Å²) >= 11 is 0. The Labute approximate surface area is 156 Å². The van der Waals surface area contributed by atoms with Gasteiger partial charge < -0.3 is 4.74 Å². The number of fused-ring (bicyclic) bond motifs is 1. The van der Waals surface area contributed by atoms with Gasteiger partial charge in [0.25, 0.3) is 0 Å². The van der Waals surface area contributed by atoms with Crippen molar-refractivity contribution >= 4 is 16.7 Å². The Morgan fingerprint density at radius 2 is 1.96 bits per heavy atom. The van der Waals surface area contributed by atoms with E-state index in [9.17, 15) is 18.0 Å². The lowest BCUT2D eigenvalue weighted by Crippen LogP contribution is -2.43. The molecular weight excluding hydrogens is 357 g/mol. The molecule has 0 saturated carbocycles. The first-order chi connectivity index (χ1) is 12.9. The summed E-state index contributed by atoms with van der Waals surface area (Å²) in [4.78, 5) is 11.6. The fourth-order valence-electron chi connectivity index (χ4n) is 3.40. The van der Waals surface area contributed by atoms with Gasteiger partial charge in [-0.25, -0.2) is 5.01 Å². The van der Waals surface area contributed by atoms with Crippen molar-refractivity contribution in [3.63, 3.8) is 0 Å². The number of hydrogen-bond acceptors (Lipinski definition) is 3. The zero-order valence-corrected chi connectivity index (χ0v) is 15.2. The Hall–Kier alpha value is -2.28. The zero-order valence-electron chi connectivity index (χ0n) is 15.2. The Morgan fingerprint density at radius 3 is 2.63 bits per heavy atom. The van der Waals surface area contributed by atoms with Crippen LogP contribution in [0.3, 0.4) is 0 Å². The largest absolute Gasteiger partial charge is 0.493 e. The Morgan fingerprint density at radius 1 is 1.19 bits per heavy atom. The van der Waals surface area contributed by atoms with E-state index in [-0.39, 0.29) is 24.3 Å². The second-order valence-corrected chi connectivity index (χ2v) is 6.68. The molecule has 1 saturated heterocycles. The van der Waals surface area contributed by atoms with Crippen molar-refractivity contribution in [3.05, 3.63) is 42.0 Å². The van der Waals surface area contributed by atoms with Gasteiger partial charge >= 0.3 is 6.18 Å². The van der Waals surface area contributed by atoms with Crippen molar-refractivity contribution in [1.82, 2.24) is 10.4 Å². The van der Waals surface area contributed by atoms with Crippen LogP contribution in [0.5, 0.6) is 5.75 Å². The fraction of sp³-hybridized carbons (Fsp3) is 0.450. The average molecular weight is 380 g/mol. The normalized spacial score (nSPS) is 16.5. The quantitative estimate of drug-likeness (QED) is 0.705. The molecule has 146 valence electrons. The summed E-state index contributed by atoms with van der Waals surface area (Å²) in [7, 11) is 0. The van der Waals surface area contributed by atoms with Crippen molar-refractivity contribution in [3.8, 4) is 5.75 Å². The fourth-order valence-corrected chi connectivity index (χ4v) is 3.40. The first kappa shape index (κ1) is 19.5. The van der Waals surface area contributed by atoms with E-state index in [1.165, 1.54) is 0 Å². The average Bonchev–Trinajstić information content (AvgIpc) is 3.04. The van der Waals surface area contributed by atoms with Crippen molar-refractivity contribution in [1.29, 1.82) is 0 Å². The van der Waals surface area contributed by atoms with Gasteiger partial charge in [-0.1, -0.05) is 50.1 Å². The molecule has 1 aliphatic heterocycles. The first-order valence-electron chi connectivity index (χ1n) is 9.19. The highest BCUT2D eigenvalue weighted by molar-refractivity contribution is 5.88. The summed E-state index contributed by atoms with van der Waals surface area (Å²) in [6, 6.07) is 8.34. The molecule has 3 rings (SSSR count). The molecule has 1 aliphatic rings. The molecule has 1 N–H and O–H groups in total. The van der Waals surface area contributed by atoms with Gasteiger partial charge in [0.05, 0.1) is 6.61 Å². The van der Waals surface area contributed by atoms with Crippen LogP contribution in [0.4, 0.5) is 13.2 Å². The van der Waals surface area contributed by atoms with Crippen LogP contribution in [0.2, 0.25) is 0 Å². The minimum absolute atomic E-state index is 0.00149. The Bertz CT molecular complexity index is 807. The van der Waals surface area contributed by atoms with Crippen molar-refractivity contribution in [2.45, 2.75) is 44.8 Å². The summed E-state index contributed by atoms with van der Waals surface area (Å²) in [5.74, 6) is -0.192. The lowest BCUT2D eigenvalue weighted by Gasteiger charge is -2.31. The van der Waals surface area contributed by atoms with Crippen molar-refractivity contribution < 1.29 is 22.7 Å². The molecule has 0 bridgehead atoms. The molecular formula is C20H23F3N2O2. The van der Waals surface area contributed by atoms with E-state index in [1.807, 2.05) is 0 Å². The topological polar surface area (TPSA) is 41.6 Å². The van der Waals surface area contributed by atoms with E-state index in [4.69, 9.17) is 4.74 Å². The molecule has 0 aliphatic carbocycles. The van der Waals surface area contributed by atoms with Crippen LogP contribution in [0, 0.1) is 0 Å². The molecule has 2 aromatic rings. The summed E-state index contributed by atoms with van der Waals surface area (Å²) in [6.07, 6.45) is -1.79. The van der Waals surface area contributed by atoms with Crippen LogP contribution in [0.15, 0.2) is 36.4 Å². The van der Waals surface area contributed by atoms with E-state index < -0.39 is 18.1 Å². The van der Waals surface area contributed by atoms with Gasteiger partial charge in [0.1, 0.15) is 5.75 Å². The lowest BCUT2D eigenvalue weighted by molar-refractivity contribution is -0.191. The molecule has 0 radical (unpaired) electrons. The molecule has 1 heterocycles. The molecule has 2 aromatic carbocycles. The third-order valence-electron chi connectivity index (χ3n) is 4.68. The van der Waals surface area contributed by atoms with Crippen LogP contribution in [0.25, 0.3) is 10.8 Å². The molecule has 27 heavy (non-hydrogen) atoms. The van der Waals surface area contributed by atoms with E-state index in [2.05, 4.69) is 12.3 Å². The maximum Gasteiger partial charge on any atom is 0.410 e. The maximum absolute atomic E-state index is 14.1. The monoisotopic (exact) mass is 380 g/mol. The summed E-state index contributed by atoms with van der Waals surface area (Å²) in [5.41, 5.74) is 2.40. The van der Waals surface area contributed by atoms with Gasteiger partial charge in [-0.3, -0.25) is 10.2 Å². The number of hydrogen-bond donors (Lipinski definition) is 1. The molecule has 0 spiro atoms. The third-order valence-corrected chi connectivity index (χ3v) is 4.68. The maximum atomic E-state index is 14.1. The van der Waals surface area contributed by atoms with E-state index >= 15 is 0 Å². The molecule has 1 atom stereocenters. The number of halogens is 3. The molecule has 1 fully saturated rings. The number of carbonyl (C=O) groups excluding carboxylic acids is 1. The van der Waals surface area contributed by atoms with Gasteiger partial charge in [0.2, 0.25) is 5.91 Å². The molecule has 1 unspecified atom stereocenters. The van der Waals surface area contributed by atoms with Crippen LogP contribution in [-0.4, -0.2) is 30.2 Å². The lowest BCUT2D eigenvalue weighted by atomic mass is 9.96. The van der Waals surface area contributed by atoms with Gasteiger partial charge in [0, 0.05) is 18.5 Å². The highest BCUT2D eigenvalue weighted by atomic mass is 19.4. The number of rotatable bonds is 7. The summed E-state index contributed by atoms with van der Waals surface area (Å²) in [6.45, 7) is 2.41. The molecule has 0 aromatic heterocycles. The Kier molecular flexibility index (Phi) is 5.89. The van der Waals surface area contributed by atoms with Crippen LogP contribution < -0.4 is 10.2 Å². The second kappa shape index (κ2) is 8.17. The highest BCUT2D eigenvalue weighted by Gasteiger charge is 2.48. The number of alkyl halides is 3. The third kappa shape index (κ3) is 4.35. The predicted molar refractivity (Wildman–Crippen MR) is 97.2 cm³/mol. The SMILES string of the molecule is CCCCCOc1ccc2ccccc2c1C(N1CCC(=O)N1)C(F)(F)F. The Balaban J connectivity index is 2.08. The van der Waals surface area contributed by atoms with E-state index in [0.29, 0.717) is 17.4 Å². The number of ether oxygens (including phenoxy) is 1. The van der Waals surface area contributed by atoms with Crippen LogP contribution >= 0.6 is 0 Å². The van der Waals surface area contributed by atoms with E-state index in [1.54, 1.807) is 36.4 Å². The highest BCUT2D eigenvalue weighted by Crippen LogP contribution is 2.45. The van der Waals surface area contributed by atoms with Gasteiger partial charge in [-0.15, -0.1) is 0 Å². The van der Waals surface area contributed by atoms with Gasteiger partial charge in [-0.2, -0.15) is 13.2 Å². The number of hydrazine groups is 1. The minimum Gasteiger partial charge on any atom is -0.493 e. The minimum atomic E-state index is -4.57. The number of amides is 1. The van der Waals surface area contributed by atoms with Crippen LogP contribution in [-0.2, 0) is 4.79 Å². The van der Waals surface area contributed by atoms with Crippen molar-refractivity contribution in [2.75, 3.05) is 13.2 Å². The number of nitrogens with zero attached hydrogens (tertiary/aromatic N) is 1. The van der Waals surface area contributed by atoms with Gasteiger partial charge in [-0.05, 0) is 23.3 Å². The van der Waals surface area contributed by atoms with Gasteiger partial charge in [0.15, 0.2) is 6.04 Å². The number of benzene rings is 2. The smallest absolute Gasteiger partial charge is 0.410 e. The van der Waals surface area contributed by atoms with Crippen molar-refractivity contribution in [2.24, 2.45) is 0 Å².